The molecule has 0 saturated carbocycles. The molecule has 0 heterocycles. The third-order valence-corrected chi connectivity index (χ3v) is 5.80. The van der Waals surface area contributed by atoms with Gasteiger partial charge in [0, 0.05) is 18.8 Å². The summed E-state index contributed by atoms with van der Waals surface area (Å²) in [6, 6.07) is 6.13. The van der Waals surface area contributed by atoms with Crippen LogP contribution in [-0.4, -0.2) is 34.9 Å². The Bertz CT molecular complexity index is 607. The van der Waals surface area contributed by atoms with Gasteiger partial charge in [-0.3, -0.25) is 0 Å². The van der Waals surface area contributed by atoms with Crippen LogP contribution in [0.25, 0.3) is 0 Å². The molecule has 3 N–H and O–H groups in total. The van der Waals surface area contributed by atoms with Crippen LogP contribution in [0.15, 0.2) is 29.2 Å². The summed E-state index contributed by atoms with van der Waals surface area (Å²) in [5, 5.41) is 0. The Hall–Kier alpha value is -0.960. The van der Waals surface area contributed by atoms with Crippen molar-refractivity contribution < 1.29 is 16.8 Å². The van der Waals surface area contributed by atoms with E-state index >= 15 is 0 Å². The normalized spacial score (nSPS) is 12.5. The third kappa shape index (κ3) is 4.90. The zero-order valence-electron chi connectivity index (χ0n) is 10.7. The summed E-state index contributed by atoms with van der Waals surface area (Å²) in [7, 11) is -6.85. The summed E-state index contributed by atoms with van der Waals surface area (Å²) in [6.07, 6.45) is 0. The summed E-state index contributed by atoms with van der Waals surface area (Å²) < 4.78 is 48.5. The maximum absolute atomic E-state index is 11.9. The van der Waals surface area contributed by atoms with E-state index in [1.807, 2.05) is 0 Å². The lowest BCUT2D eigenvalue weighted by Gasteiger charge is -2.07. The fourth-order valence-electron chi connectivity index (χ4n) is 1.36. The second-order valence-corrected chi connectivity index (χ2v) is 8.22. The molecule has 1 aromatic rings. The van der Waals surface area contributed by atoms with Gasteiger partial charge in [-0.05, 0) is 17.7 Å². The molecule has 0 aliphatic heterocycles. The molecule has 0 atom stereocenters. The highest BCUT2D eigenvalue weighted by molar-refractivity contribution is 7.91. The lowest BCUT2D eigenvalue weighted by Crippen LogP contribution is -2.29. The Morgan fingerprint density at radius 3 is 2.16 bits per heavy atom. The average Bonchev–Trinajstić information content (AvgIpc) is 2.38. The SMILES string of the molecule is CCS(=O)(=O)CCNS(=O)(=O)c1ccc(CN)cc1. The number of benzene rings is 1. The lowest BCUT2D eigenvalue weighted by atomic mass is 10.2. The predicted octanol–water partition coefficient (Wildman–Crippen LogP) is -0.142. The number of nitrogens with two attached hydrogens (primary N) is 1. The van der Waals surface area contributed by atoms with Crippen molar-refractivity contribution in [3.05, 3.63) is 29.8 Å². The van der Waals surface area contributed by atoms with E-state index in [0.717, 1.165) is 5.56 Å². The minimum absolute atomic E-state index is 0.0000748. The van der Waals surface area contributed by atoms with Gasteiger partial charge in [-0.1, -0.05) is 19.1 Å². The molecule has 0 aromatic heterocycles. The molecule has 0 unspecified atom stereocenters. The summed E-state index contributed by atoms with van der Waals surface area (Å²) in [6.45, 7) is 1.73. The molecule has 8 heteroatoms. The first-order valence-corrected chi connectivity index (χ1v) is 9.10. The highest BCUT2D eigenvalue weighted by Crippen LogP contribution is 2.09. The van der Waals surface area contributed by atoms with Crippen molar-refractivity contribution in [1.82, 2.24) is 4.72 Å². The Morgan fingerprint density at radius 1 is 1.11 bits per heavy atom. The molecule has 0 bridgehead atoms. The van der Waals surface area contributed by atoms with Crippen LogP contribution >= 0.6 is 0 Å². The first-order valence-electron chi connectivity index (χ1n) is 5.80. The van der Waals surface area contributed by atoms with Crippen molar-refractivity contribution in [2.45, 2.75) is 18.4 Å². The van der Waals surface area contributed by atoms with E-state index in [9.17, 15) is 16.8 Å². The van der Waals surface area contributed by atoms with Crippen LogP contribution in [0.2, 0.25) is 0 Å². The van der Waals surface area contributed by atoms with E-state index in [4.69, 9.17) is 5.73 Å². The van der Waals surface area contributed by atoms with E-state index in [2.05, 4.69) is 4.72 Å². The van der Waals surface area contributed by atoms with Crippen LogP contribution < -0.4 is 10.5 Å². The molecular weight excluding hydrogens is 288 g/mol. The maximum atomic E-state index is 11.9. The van der Waals surface area contributed by atoms with Crippen molar-refractivity contribution in [1.29, 1.82) is 0 Å². The van der Waals surface area contributed by atoms with Gasteiger partial charge in [-0.2, -0.15) is 0 Å². The molecule has 0 aliphatic rings. The second-order valence-electron chi connectivity index (χ2n) is 3.98. The van der Waals surface area contributed by atoms with Gasteiger partial charge in [-0.15, -0.1) is 0 Å². The smallest absolute Gasteiger partial charge is 0.240 e. The van der Waals surface area contributed by atoms with Gasteiger partial charge >= 0.3 is 0 Å². The first-order chi connectivity index (χ1) is 8.80. The molecule has 0 amide bonds. The van der Waals surface area contributed by atoms with Crippen LogP contribution in [0.3, 0.4) is 0 Å². The average molecular weight is 306 g/mol. The molecule has 0 radical (unpaired) electrons. The molecule has 0 spiro atoms. The van der Waals surface area contributed by atoms with Crippen molar-refractivity contribution in [2.75, 3.05) is 18.1 Å². The molecule has 0 fully saturated rings. The molecule has 6 nitrogen and oxygen atoms in total. The largest absolute Gasteiger partial charge is 0.326 e. The predicted molar refractivity (Wildman–Crippen MR) is 73.8 cm³/mol. The summed E-state index contributed by atoms with van der Waals surface area (Å²) in [4.78, 5) is 0.0959. The van der Waals surface area contributed by atoms with Gasteiger partial charge in [-0.25, -0.2) is 21.6 Å². The van der Waals surface area contributed by atoms with E-state index in [-0.39, 0.29) is 22.9 Å². The van der Waals surface area contributed by atoms with E-state index in [1.54, 1.807) is 12.1 Å². The molecule has 0 aliphatic carbocycles. The van der Waals surface area contributed by atoms with Crippen molar-refractivity contribution in [3.63, 3.8) is 0 Å². The lowest BCUT2D eigenvalue weighted by molar-refractivity contribution is 0.581. The highest BCUT2D eigenvalue weighted by Gasteiger charge is 2.15. The highest BCUT2D eigenvalue weighted by atomic mass is 32.2. The van der Waals surface area contributed by atoms with Crippen LogP contribution in [0.4, 0.5) is 0 Å². The molecule has 19 heavy (non-hydrogen) atoms. The van der Waals surface area contributed by atoms with Gasteiger partial charge in [0.15, 0.2) is 9.84 Å². The van der Waals surface area contributed by atoms with Crippen molar-refractivity contribution in [2.24, 2.45) is 5.73 Å². The number of sulfone groups is 1. The van der Waals surface area contributed by atoms with Crippen LogP contribution in [0, 0.1) is 0 Å². The fraction of sp³-hybridized carbons (Fsp3) is 0.455. The van der Waals surface area contributed by atoms with Gasteiger partial charge in [0.25, 0.3) is 0 Å². The number of hydrogen-bond acceptors (Lipinski definition) is 5. The zero-order valence-corrected chi connectivity index (χ0v) is 12.3. The van der Waals surface area contributed by atoms with Crippen LogP contribution in [0.1, 0.15) is 12.5 Å². The Morgan fingerprint density at radius 2 is 1.68 bits per heavy atom. The molecule has 1 rings (SSSR count). The van der Waals surface area contributed by atoms with Crippen molar-refractivity contribution >= 4 is 19.9 Å². The van der Waals surface area contributed by atoms with Gasteiger partial charge in [0.05, 0.1) is 10.6 Å². The topological polar surface area (TPSA) is 106 Å². The van der Waals surface area contributed by atoms with Crippen molar-refractivity contribution in [3.8, 4) is 0 Å². The van der Waals surface area contributed by atoms with Crippen LogP contribution in [-0.2, 0) is 26.4 Å². The zero-order chi connectivity index (χ0) is 14.5. The van der Waals surface area contributed by atoms with Crippen LogP contribution in [0.5, 0.6) is 0 Å². The molecule has 108 valence electrons. The first kappa shape index (κ1) is 16.1. The molecule has 0 saturated heterocycles. The number of sulfonamides is 1. The maximum Gasteiger partial charge on any atom is 0.240 e. The number of hydrogen-bond donors (Lipinski definition) is 2. The summed E-state index contributed by atoms with van der Waals surface area (Å²) in [5.41, 5.74) is 6.25. The summed E-state index contributed by atoms with van der Waals surface area (Å²) >= 11 is 0. The number of nitrogens with one attached hydrogen (secondary N) is 1. The van der Waals surface area contributed by atoms with Gasteiger partial charge < -0.3 is 5.73 Å². The Labute approximate surface area is 114 Å². The van der Waals surface area contributed by atoms with Gasteiger partial charge in [0.1, 0.15) is 0 Å². The third-order valence-electron chi connectivity index (χ3n) is 2.61. The minimum atomic E-state index is -3.67. The Balaban J connectivity index is 2.70. The van der Waals surface area contributed by atoms with E-state index < -0.39 is 19.9 Å². The fourth-order valence-corrected chi connectivity index (χ4v) is 3.23. The number of rotatable bonds is 7. The molecular formula is C11H18N2O4S2. The minimum Gasteiger partial charge on any atom is -0.326 e. The Kier molecular flexibility index (Phi) is 5.48. The monoisotopic (exact) mass is 306 g/mol. The quantitative estimate of drug-likeness (QED) is 0.729. The second kappa shape index (κ2) is 6.47. The summed E-state index contributed by atoms with van der Waals surface area (Å²) in [5.74, 6) is -0.205. The molecule has 1 aromatic carbocycles. The van der Waals surface area contributed by atoms with E-state index in [0.29, 0.717) is 6.54 Å². The van der Waals surface area contributed by atoms with E-state index in [1.165, 1.54) is 19.1 Å². The van der Waals surface area contributed by atoms with Gasteiger partial charge in [0.2, 0.25) is 10.0 Å². The standard InChI is InChI=1S/C11H18N2O4S2/c1-2-18(14,15)8-7-13-19(16,17)11-5-3-10(9-12)4-6-11/h3-6,13H,2,7-9,12H2,1H3.